The summed E-state index contributed by atoms with van der Waals surface area (Å²) in [7, 11) is 0. The van der Waals surface area contributed by atoms with Crippen LogP contribution in [0.2, 0.25) is 0 Å². The van der Waals surface area contributed by atoms with Crippen LogP contribution in [0.5, 0.6) is 0 Å². The number of anilines is 1. The Bertz CT molecular complexity index is 745. The van der Waals surface area contributed by atoms with Gasteiger partial charge in [0.15, 0.2) is 5.78 Å². The molecule has 4 unspecified atom stereocenters. The normalized spacial score (nSPS) is 26.7. The van der Waals surface area contributed by atoms with Crippen molar-refractivity contribution in [3.63, 3.8) is 0 Å². The molecule has 2 aliphatic heterocycles. The van der Waals surface area contributed by atoms with Crippen molar-refractivity contribution in [2.24, 2.45) is 11.8 Å². The van der Waals surface area contributed by atoms with Crippen molar-refractivity contribution in [1.29, 1.82) is 0 Å². The standard InChI is InChI=1S/C18H21N2O6/c1-3-25-17(22)14-12-5-6-13(21)16(15(14)18(23)26-4-2)20(12)11-7-9-19(24)10-8-11/h5-10,12,14-16,24H,3-4H2,1-2H3/q+1. The molecule has 2 bridgehead atoms. The van der Waals surface area contributed by atoms with Crippen molar-refractivity contribution >= 4 is 23.4 Å². The number of nitrogens with zero attached hydrogens (tertiary/aromatic N) is 2. The molecular weight excluding hydrogens is 340 g/mol. The second-order valence-electron chi connectivity index (χ2n) is 6.10. The van der Waals surface area contributed by atoms with E-state index in [-0.39, 0.29) is 19.0 Å². The van der Waals surface area contributed by atoms with Crippen LogP contribution in [0.25, 0.3) is 0 Å². The molecule has 3 heterocycles. The molecule has 0 aromatic carbocycles. The molecule has 138 valence electrons. The number of fused-ring (bicyclic) bond motifs is 2. The van der Waals surface area contributed by atoms with E-state index < -0.39 is 35.9 Å². The van der Waals surface area contributed by atoms with Gasteiger partial charge in [-0.25, -0.2) is 0 Å². The summed E-state index contributed by atoms with van der Waals surface area (Å²) in [5, 5.41) is 9.44. The molecule has 0 radical (unpaired) electrons. The lowest BCUT2D eigenvalue weighted by atomic mass is 9.87. The van der Waals surface area contributed by atoms with Crippen LogP contribution < -0.4 is 9.63 Å². The fourth-order valence-electron chi connectivity index (χ4n) is 3.71. The monoisotopic (exact) mass is 361 g/mol. The lowest BCUT2D eigenvalue weighted by Gasteiger charge is -2.32. The Morgan fingerprint density at radius 1 is 1.12 bits per heavy atom. The number of carbonyl (C=O) groups excluding carboxylic acids is 3. The van der Waals surface area contributed by atoms with E-state index in [0.717, 1.165) is 4.73 Å². The molecule has 8 heteroatoms. The van der Waals surface area contributed by atoms with Crippen molar-refractivity contribution in [1.82, 2.24) is 0 Å². The first-order valence-electron chi connectivity index (χ1n) is 8.53. The molecule has 1 fully saturated rings. The van der Waals surface area contributed by atoms with Crippen LogP contribution in [-0.2, 0) is 23.9 Å². The van der Waals surface area contributed by atoms with Gasteiger partial charge in [0.1, 0.15) is 12.0 Å². The number of rotatable bonds is 5. The Hall–Kier alpha value is -2.90. The Morgan fingerprint density at radius 3 is 2.27 bits per heavy atom. The third-order valence-electron chi connectivity index (χ3n) is 4.68. The predicted octanol–water partition coefficient (Wildman–Crippen LogP) is 0.266. The molecule has 1 aromatic rings. The number of esters is 2. The number of ether oxygens (including phenoxy) is 2. The molecule has 8 nitrogen and oxygen atoms in total. The van der Waals surface area contributed by atoms with Gasteiger partial charge in [-0.3, -0.25) is 19.6 Å². The molecule has 4 atom stereocenters. The largest absolute Gasteiger partial charge is 0.466 e. The third kappa shape index (κ3) is 2.91. The fraction of sp³-hybridized carbons (Fsp3) is 0.444. The van der Waals surface area contributed by atoms with Crippen LogP contribution >= 0.6 is 0 Å². The predicted molar refractivity (Wildman–Crippen MR) is 88.3 cm³/mol. The van der Waals surface area contributed by atoms with Crippen molar-refractivity contribution < 1.29 is 33.8 Å². The van der Waals surface area contributed by atoms with Crippen molar-refractivity contribution in [3.05, 3.63) is 36.7 Å². The minimum atomic E-state index is -0.956. The maximum absolute atomic E-state index is 12.6. The smallest absolute Gasteiger partial charge is 0.312 e. The minimum Gasteiger partial charge on any atom is -0.466 e. The van der Waals surface area contributed by atoms with Crippen molar-refractivity contribution in [2.45, 2.75) is 25.9 Å². The van der Waals surface area contributed by atoms with Crippen LogP contribution in [0.1, 0.15) is 13.8 Å². The summed E-state index contributed by atoms with van der Waals surface area (Å²) >= 11 is 0. The summed E-state index contributed by atoms with van der Waals surface area (Å²) in [4.78, 5) is 39.5. The number of hydrogen-bond donors (Lipinski definition) is 1. The first-order chi connectivity index (χ1) is 12.5. The summed E-state index contributed by atoms with van der Waals surface area (Å²) in [5.74, 6) is -3.19. The second-order valence-corrected chi connectivity index (χ2v) is 6.10. The van der Waals surface area contributed by atoms with E-state index in [2.05, 4.69) is 0 Å². The van der Waals surface area contributed by atoms with Crippen LogP contribution in [0.3, 0.4) is 0 Å². The number of carbonyl (C=O) groups is 3. The molecule has 26 heavy (non-hydrogen) atoms. The maximum Gasteiger partial charge on any atom is 0.312 e. The maximum atomic E-state index is 12.6. The van der Waals surface area contributed by atoms with E-state index in [4.69, 9.17) is 9.47 Å². The van der Waals surface area contributed by atoms with Gasteiger partial charge in [-0.15, -0.1) is 0 Å². The topological polar surface area (TPSA) is 97.0 Å². The fourth-order valence-corrected chi connectivity index (χ4v) is 3.71. The quantitative estimate of drug-likeness (QED) is 0.457. The average Bonchev–Trinajstić information content (AvgIpc) is 2.88. The summed E-state index contributed by atoms with van der Waals surface area (Å²) in [5.41, 5.74) is 0.615. The highest BCUT2D eigenvalue weighted by atomic mass is 16.5. The van der Waals surface area contributed by atoms with Gasteiger partial charge in [-0.05, 0) is 19.9 Å². The molecule has 3 rings (SSSR count). The molecular formula is C18H21N2O6+. The number of pyridine rings is 1. The van der Waals surface area contributed by atoms with Crippen LogP contribution in [0.15, 0.2) is 36.7 Å². The van der Waals surface area contributed by atoms with Crippen molar-refractivity contribution in [2.75, 3.05) is 18.1 Å². The van der Waals surface area contributed by atoms with Gasteiger partial charge < -0.3 is 14.4 Å². The zero-order valence-electron chi connectivity index (χ0n) is 14.6. The summed E-state index contributed by atoms with van der Waals surface area (Å²) in [6, 6.07) is 1.86. The zero-order chi connectivity index (χ0) is 18.8. The van der Waals surface area contributed by atoms with E-state index >= 15 is 0 Å². The molecule has 2 aliphatic rings. The second kappa shape index (κ2) is 7.15. The Kier molecular flexibility index (Phi) is 4.92. The third-order valence-corrected chi connectivity index (χ3v) is 4.68. The molecule has 0 saturated carbocycles. The lowest BCUT2D eigenvalue weighted by Crippen LogP contribution is -2.46. The van der Waals surface area contributed by atoms with E-state index in [1.54, 1.807) is 37.0 Å². The molecule has 0 amide bonds. The van der Waals surface area contributed by atoms with E-state index in [9.17, 15) is 19.6 Å². The SMILES string of the molecule is CCOC(=O)C1C(C(=O)OCC)C2C(=O)C=CC1N2c1cc[n+](O)cc1. The van der Waals surface area contributed by atoms with Gasteiger partial charge in [-0.2, -0.15) is 0 Å². The number of ketones is 1. The van der Waals surface area contributed by atoms with Gasteiger partial charge in [0, 0.05) is 16.9 Å². The number of aromatic nitrogens is 1. The van der Waals surface area contributed by atoms with Crippen LogP contribution in [0, 0.1) is 11.8 Å². The van der Waals surface area contributed by atoms with Crippen LogP contribution in [-0.4, -0.2) is 48.2 Å². The highest BCUT2D eigenvalue weighted by molar-refractivity contribution is 6.04. The van der Waals surface area contributed by atoms with Gasteiger partial charge in [0.25, 0.3) is 0 Å². The summed E-state index contributed by atoms with van der Waals surface area (Å²) < 4.78 is 11.2. The minimum absolute atomic E-state index is 0.153. The Balaban J connectivity index is 2.07. The molecule has 1 saturated heterocycles. The zero-order valence-corrected chi connectivity index (χ0v) is 14.6. The van der Waals surface area contributed by atoms with E-state index in [1.807, 2.05) is 0 Å². The van der Waals surface area contributed by atoms with E-state index in [0.29, 0.717) is 5.69 Å². The highest BCUT2D eigenvalue weighted by Gasteiger charge is 2.59. The van der Waals surface area contributed by atoms with Gasteiger partial charge >= 0.3 is 11.9 Å². The average molecular weight is 361 g/mol. The molecule has 0 aliphatic carbocycles. The molecule has 1 aromatic heterocycles. The number of hydrogen-bond acceptors (Lipinski definition) is 7. The Labute approximate surface area is 150 Å². The Morgan fingerprint density at radius 2 is 1.69 bits per heavy atom. The highest BCUT2D eigenvalue weighted by Crippen LogP contribution is 2.43. The molecule has 1 N–H and O–H groups in total. The van der Waals surface area contributed by atoms with E-state index in [1.165, 1.54) is 18.5 Å². The van der Waals surface area contributed by atoms with Gasteiger partial charge in [-0.1, -0.05) is 6.08 Å². The first kappa shape index (κ1) is 17.9. The molecule has 0 spiro atoms. The van der Waals surface area contributed by atoms with Gasteiger partial charge in [0.05, 0.1) is 30.9 Å². The summed E-state index contributed by atoms with van der Waals surface area (Å²) in [6.07, 6.45) is 5.86. The summed E-state index contributed by atoms with van der Waals surface area (Å²) in [6.45, 7) is 3.69. The first-order valence-corrected chi connectivity index (χ1v) is 8.53. The lowest BCUT2D eigenvalue weighted by molar-refractivity contribution is -0.904. The van der Waals surface area contributed by atoms with Crippen molar-refractivity contribution in [3.8, 4) is 0 Å². The van der Waals surface area contributed by atoms with Crippen LogP contribution in [0.4, 0.5) is 5.69 Å². The van der Waals surface area contributed by atoms with Gasteiger partial charge in [0.2, 0.25) is 12.4 Å².